The minimum Gasteiger partial charge on any atom is -0.322 e. The molecule has 4 aromatic rings. The van der Waals surface area contributed by atoms with Crippen molar-refractivity contribution in [3.05, 3.63) is 90.4 Å². The van der Waals surface area contributed by atoms with Crippen LogP contribution < -0.4 is 5.32 Å². The first-order valence-electron chi connectivity index (χ1n) is 8.89. The van der Waals surface area contributed by atoms with Crippen LogP contribution >= 0.6 is 11.8 Å². The number of rotatable bonds is 5. The standard InChI is InChI=1S/C22H20N4OS/c1-16-8-10-18(11-9-16)26-22(25-12-3-4-13-25)20(15-23-26)21(27)24-17-6-5-7-19(14-17)28-2/h3-15H,1-2H3,(H,24,27). The van der Waals surface area contributed by atoms with Crippen molar-refractivity contribution in [3.8, 4) is 11.5 Å². The molecule has 1 N–H and O–H groups in total. The lowest BCUT2D eigenvalue weighted by Crippen LogP contribution is -2.15. The van der Waals surface area contributed by atoms with Crippen LogP contribution in [0.5, 0.6) is 0 Å². The number of carbonyl (C=O) groups excluding carboxylic acids is 1. The molecule has 2 aromatic carbocycles. The molecule has 2 aromatic heterocycles. The molecule has 5 nitrogen and oxygen atoms in total. The Balaban J connectivity index is 1.74. The molecular weight excluding hydrogens is 368 g/mol. The Hall–Kier alpha value is -3.25. The second kappa shape index (κ2) is 7.78. The lowest BCUT2D eigenvalue weighted by atomic mass is 10.2. The second-order valence-electron chi connectivity index (χ2n) is 6.41. The first kappa shape index (κ1) is 18.1. The number of nitrogens with zero attached hydrogens (tertiary/aromatic N) is 3. The van der Waals surface area contributed by atoms with Crippen LogP contribution in [-0.4, -0.2) is 26.5 Å². The van der Waals surface area contributed by atoms with Crippen molar-refractivity contribution in [1.29, 1.82) is 0 Å². The molecule has 140 valence electrons. The van der Waals surface area contributed by atoms with Gasteiger partial charge in [-0.1, -0.05) is 23.8 Å². The largest absolute Gasteiger partial charge is 0.322 e. The molecule has 0 atom stereocenters. The number of benzene rings is 2. The SMILES string of the molecule is CSc1cccc(NC(=O)c2cnn(-c3ccc(C)cc3)c2-n2cccc2)c1. The van der Waals surface area contributed by atoms with Crippen molar-refractivity contribution in [2.75, 3.05) is 11.6 Å². The topological polar surface area (TPSA) is 51.9 Å². The van der Waals surface area contributed by atoms with E-state index >= 15 is 0 Å². The van der Waals surface area contributed by atoms with Gasteiger partial charge < -0.3 is 9.88 Å². The minimum absolute atomic E-state index is 0.194. The number of thioether (sulfide) groups is 1. The van der Waals surface area contributed by atoms with Crippen LogP contribution in [0, 0.1) is 6.92 Å². The average Bonchev–Trinajstić information content (AvgIpc) is 3.38. The number of aromatic nitrogens is 3. The van der Waals surface area contributed by atoms with E-state index in [1.165, 1.54) is 5.56 Å². The zero-order chi connectivity index (χ0) is 19.5. The number of anilines is 1. The maximum atomic E-state index is 13.0. The molecule has 0 fully saturated rings. The van der Waals surface area contributed by atoms with Gasteiger partial charge in [-0.25, -0.2) is 4.68 Å². The fourth-order valence-corrected chi connectivity index (χ4v) is 3.46. The van der Waals surface area contributed by atoms with Gasteiger partial charge in [0.15, 0.2) is 5.82 Å². The Morgan fingerprint density at radius 3 is 2.50 bits per heavy atom. The van der Waals surface area contributed by atoms with E-state index < -0.39 is 0 Å². The highest BCUT2D eigenvalue weighted by Gasteiger charge is 2.20. The van der Waals surface area contributed by atoms with Gasteiger partial charge in [-0.2, -0.15) is 5.10 Å². The quantitative estimate of drug-likeness (QED) is 0.492. The average molecular weight is 388 g/mol. The Bertz CT molecular complexity index is 1100. The molecule has 0 saturated heterocycles. The van der Waals surface area contributed by atoms with Gasteiger partial charge in [-0.3, -0.25) is 4.79 Å². The number of hydrogen-bond donors (Lipinski definition) is 1. The molecule has 0 radical (unpaired) electrons. The third-order valence-corrected chi connectivity index (χ3v) is 5.17. The van der Waals surface area contributed by atoms with E-state index in [0.29, 0.717) is 11.4 Å². The Morgan fingerprint density at radius 2 is 1.79 bits per heavy atom. The third kappa shape index (κ3) is 3.59. The highest BCUT2D eigenvalue weighted by Crippen LogP contribution is 2.23. The summed E-state index contributed by atoms with van der Waals surface area (Å²) in [5.41, 5.74) is 3.34. The molecule has 2 heterocycles. The fourth-order valence-electron chi connectivity index (χ4n) is 3.00. The van der Waals surface area contributed by atoms with Crippen LogP contribution in [0.3, 0.4) is 0 Å². The van der Waals surface area contributed by atoms with Crippen LogP contribution in [0.1, 0.15) is 15.9 Å². The summed E-state index contributed by atoms with van der Waals surface area (Å²) in [5.74, 6) is 0.507. The van der Waals surface area contributed by atoms with Gasteiger partial charge in [0.2, 0.25) is 0 Å². The summed E-state index contributed by atoms with van der Waals surface area (Å²) in [4.78, 5) is 14.1. The minimum atomic E-state index is -0.194. The summed E-state index contributed by atoms with van der Waals surface area (Å²) in [6.45, 7) is 2.04. The smallest absolute Gasteiger partial charge is 0.261 e. The van der Waals surface area contributed by atoms with E-state index in [0.717, 1.165) is 16.3 Å². The summed E-state index contributed by atoms with van der Waals surface area (Å²) in [6.07, 6.45) is 7.44. The van der Waals surface area contributed by atoms with Gasteiger partial charge in [-0.05, 0) is 55.6 Å². The Kier molecular flexibility index (Phi) is 5.04. The zero-order valence-electron chi connectivity index (χ0n) is 15.7. The normalized spacial score (nSPS) is 10.8. The van der Waals surface area contributed by atoms with Crippen LogP contribution in [0.25, 0.3) is 11.5 Å². The molecule has 6 heteroatoms. The third-order valence-electron chi connectivity index (χ3n) is 4.44. The number of aryl methyl sites for hydroxylation is 1. The fraction of sp³-hybridized carbons (Fsp3) is 0.0909. The van der Waals surface area contributed by atoms with Gasteiger partial charge in [0.1, 0.15) is 5.56 Å². The molecule has 0 aliphatic rings. The van der Waals surface area contributed by atoms with E-state index in [1.807, 2.05) is 90.8 Å². The molecule has 0 aliphatic carbocycles. The molecule has 1 amide bonds. The van der Waals surface area contributed by atoms with E-state index in [9.17, 15) is 4.79 Å². The lowest BCUT2D eigenvalue weighted by molar-refractivity contribution is 0.102. The second-order valence-corrected chi connectivity index (χ2v) is 7.29. The van der Waals surface area contributed by atoms with Crippen molar-refractivity contribution in [3.63, 3.8) is 0 Å². The van der Waals surface area contributed by atoms with Gasteiger partial charge in [-0.15, -0.1) is 11.8 Å². The summed E-state index contributed by atoms with van der Waals surface area (Å²) >= 11 is 1.64. The molecule has 0 aliphatic heterocycles. The number of carbonyl (C=O) groups is 1. The van der Waals surface area contributed by atoms with Gasteiger partial charge in [0, 0.05) is 23.0 Å². The van der Waals surface area contributed by atoms with E-state index in [4.69, 9.17) is 0 Å². The van der Waals surface area contributed by atoms with Crippen LogP contribution in [-0.2, 0) is 0 Å². The molecule has 0 spiro atoms. The van der Waals surface area contributed by atoms with Crippen LogP contribution in [0.2, 0.25) is 0 Å². The van der Waals surface area contributed by atoms with E-state index in [-0.39, 0.29) is 5.91 Å². The van der Waals surface area contributed by atoms with Crippen molar-refractivity contribution in [2.24, 2.45) is 0 Å². The summed E-state index contributed by atoms with van der Waals surface area (Å²) in [5, 5.41) is 7.49. The summed E-state index contributed by atoms with van der Waals surface area (Å²) < 4.78 is 3.69. The van der Waals surface area contributed by atoms with Crippen molar-refractivity contribution in [2.45, 2.75) is 11.8 Å². The van der Waals surface area contributed by atoms with Crippen molar-refractivity contribution in [1.82, 2.24) is 14.3 Å². The summed E-state index contributed by atoms with van der Waals surface area (Å²) in [7, 11) is 0. The maximum Gasteiger partial charge on any atom is 0.261 e. The lowest BCUT2D eigenvalue weighted by Gasteiger charge is -2.12. The summed E-state index contributed by atoms with van der Waals surface area (Å²) in [6, 6.07) is 19.7. The van der Waals surface area contributed by atoms with Crippen LogP contribution in [0.15, 0.2) is 84.1 Å². The molecule has 0 bridgehead atoms. The molecule has 0 unspecified atom stereocenters. The first-order chi connectivity index (χ1) is 13.7. The van der Waals surface area contributed by atoms with Crippen molar-refractivity contribution < 1.29 is 4.79 Å². The molecule has 28 heavy (non-hydrogen) atoms. The maximum absolute atomic E-state index is 13.0. The number of amides is 1. The predicted molar refractivity (Wildman–Crippen MR) is 114 cm³/mol. The molecule has 4 rings (SSSR count). The van der Waals surface area contributed by atoms with E-state index in [2.05, 4.69) is 10.4 Å². The van der Waals surface area contributed by atoms with Gasteiger partial charge in [0.05, 0.1) is 11.9 Å². The monoisotopic (exact) mass is 388 g/mol. The number of nitrogens with one attached hydrogen (secondary N) is 1. The Labute approximate surface area is 168 Å². The first-order valence-corrected chi connectivity index (χ1v) is 10.1. The highest BCUT2D eigenvalue weighted by molar-refractivity contribution is 7.98. The predicted octanol–water partition coefficient (Wildman–Crippen LogP) is 4.95. The molecular formula is C22H20N4OS. The van der Waals surface area contributed by atoms with Crippen molar-refractivity contribution >= 4 is 23.4 Å². The highest BCUT2D eigenvalue weighted by atomic mass is 32.2. The zero-order valence-corrected chi connectivity index (χ0v) is 16.5. The number of hydrogen-bond acceptors (Lipinski definition) is 3. The van der Waals surface area contributed by atoms with E-state index in [1.54, 1.807) is 22.6 Å². The molecule has 0 saturated carbocycles. The Morgan fingerprint density at radius 1 is 1.04 bits per heavy atom. The van der Waals surface area contributed by atoms with Crippen LogP contribution in [0.4, 0.5) is 5.69 Å². The van der Waals surface area contributed by atoms with Gasteiger partial charge >= 0.3 is 0 Å². The van der Waals surface area contributed by atoms with Gasteiger partial charge in [0.25, 0.3) is 5.91 Å².